The predicted octanol–water partition coefficient (Wildman–Crippen LogP) is 4.50. The van der Waals surface area contributed by atoms with Crippen molar-refractivity contribution < 1.29 is 14.3 Å². The summed E-state index contributed by atoms with van der Waals surface area (Å²) >= 11 is 0.944. The number of imide groups is 1. The summed E-state index contributed by atoms with van der Waals surface area (Å²) in [7, 11) is 1.58. The van der Waals surface area contributed by atoms with Crippen molar-refractivity contribution in [1.29, 1.82) is 0 Å². The Labute approximate surface area is 145 Å². The topological polar surface area (TPSA) is 46.6 Å². The molecular weight excluding hydrogens is 322 g/mol. The zero-order valence-electron chi connectivity index (χ0n) is 13.5. The van der Waals surface area contributed by atoms with Gasteiger partial charge in [0.25, 0.3) is 11.1 Å². The second-order valence-electron chi connectivity index (χ2n) is 5.28. The van der Waals surface area contributed by atoms with Gasteiger partial charge >= 0.3 is 0 Å². The van der Waals surface area contributed by atoms with Crippen molar-refractivity contribution in [3.05, 3.63) is 64.6 Å². The first-order chi connectivity index (χ1) is 11.6. The van der Waals surface area contributed by atoms with E-state index in [0.717, 1.165) is 29.3 Å². The molecule has 0 bridgehead atoms. The zero-order valence-corrected chi connectivity index (χ0v) is 14.3. The fourth-order valence-electron chi connectivity index (χ4n) is 2.50. The Balaban J connectivity index is 1.92. The highest BCUT2D eigenvalue weighted by Crippen LogP contribution is 2.36. The molecule has 0 atom stereocenters. The first kappa shape index (κ1) is 16.3. The number of carbonyl (C=O) groups is 2. The summed E-state index contributed by atoms with van der Waals surface area (Å²) in [6, 6.07) is 14.9. The van der Waals surface area contributed by atoms with E-state index in [-0.39, 0.29) is 11.1 Å². The third-order valence-electron chi connectivity index (χ3n) is 3.82. The van der Waals surface area contributed by atoms with Gasteiger partial charge < -0.3 is 4.74 Å². The molecule has 0 saturated carbocycles. The average molecular weight is 339 g/mol. The molecule has 0 unspecified atom stereocenters. The number of thioether (sulfide) groups is 1. The van der Waals surface area contributed by atoms with Crippen molar-refractivity contribution >= 4 is 34.7 Å². The Morgan fingerprint density at radius 2 is 1.79 bits per heavy atom. The number of benzene rings is 2. The van der Waals surface area contributed by atoms with Gasteiger partial charge in [0, 0.05) is 5.56 Å². The molecule has 1 heterocycles. The minimum absolute atomic E-state index is 0.287. The molecule has 2 aromatic carbocycles. The summed E-state index contributed by atoms with van der Waals surface area (Å²) in [5, 5.41) is -0.287. The number of methoxy groups -OCH3 is 1. The van der Waals surface area contributed by atoms with Crippen LogP contribution in [0.2, 0.25) is 0 Å². The van der Waals surface area contributed by atoms with Crippen molar-refractivity contribution in [2.75, 3.05) is 12.0 Å². The molecular formula is C19H17NO3S. The number of ether oxygens (including phenoxy) is 1. The summed E-state index contributed by atoms with van der Waals surface area (Å²) in [5.74, 6) is 0.358. The summed E-state index contributed by atoms with van der Waals surface area (Å²) in [5.41, 5.74) is 2.53. The summed E-state index contributed by atoms with van der Waals surface area (Å²) < 4.78 is 5.29. The van der Waals surface area contributed by atoms with Crippen LogP contribution in [0.3, 0.4) is 0 Å². The molecule has 1 fully saturated rings. The third kappa shape index (κ3) is 3.08. The number of para-hydroxylation sites is 1. The molecule has 0 N–H and O–H groups in total. The summed E-state index contributed by atoms with van der Waals surface area (Å²) in [4.78, 5) is 26.5. The maximum absolute atomic E-state index is 12.6. The lowest BCUT2D eigenvalue weighted by Crippen LogP contribution is -2.27. The van der Waals surface area contributed by atoms with Gasteiger partial charge in [0.1, 0.15) is 5.75 Å². The van der Waals surface area contributed by atoms with Gasteiger partial charge in [-0.1, -0.05) is 37.3 Å². The SMILES string of the molecule is CCc1ccc(N2C(=O)S/C(=C\c3ccccc3OC)C2=O)cc1. The van der Waals surface area contributed by atoms with E-state index in [2.05, 4.69) is 6.92 Å². The maximum atomic E-state index is 12.6. The second-order valence-corrected chi connectivity index (χ2v) is 6.27. The Morgan fingerprint density at radius 1 is 1.08 bits per heavy atom. The Bertz CT molecular complexity index is 812. The molecule has 0 aliphatic carbocycles. The van der Waals surface area contributed by atoms with E-state index in [1.807, 2.05) is 36.4 Å². The molecule has 1 aliphatic heterocycles. The number of aryl methyl sites for hydroxylation is 1. The van der Waals surface area contributed by atoms with E-state index in [0.29, 0.717) is 16.3 Å². The molecule has 3 rings (SSSR count). The van der Waals surface area contributed by atoms with E-state index >= 15 is 0 Å². The van der Waals surface area contributed by atoms with Gasteiger partial charge in [-0.05, 0) is 48.0 Å². The highest BCUT2D eigenvalue weighted by atomic mass is 32.2. The number of nitrogens with zero attached hydrogens (tertiary/aromatic N) is 1. The molecule has 4 nitrogen and oxygen atoms in total. The molecule has 1 aliphatic rings. The second kappa shape index (κ2) is 6.93. The van der Waals surface area contributed by atoms with Crippen molar-refractivity contribution in [1.82, 2.24) is 0 Å². The number of anilines is 1. The lowest BCUT2D eigenvalue weighted by Gasteiger charge is -2.12. The smallest absolute Gasteiger partial charge is 0.298 e. The van der Waals surface area contributed by atoms with Crippen molar-refractivity contribution in [2.45, 2.75) is 13.3 Å². The van der Waals surface area contributed by atoms with Crippen molar-refractivity contribution in [2.24, 2.45) is 0 Å². The quantitative estimate of drug-likeness (QED) is 0.770. The van der Waals surface area contributed by atoms with Gasteiger partial charge in [-0.25, -0.2) is 4.90 Å². The molecule has 24 heavy (non-hydrogen) atoms. The highest BCUT2D eigenvalue weighted by molar-refractivity contribution is 8.19. The van der Waals surface area contributed by atoms with Gasteiger partial charge in [0.05, 0.1) is 17.7 Å². The van der Waals surface area contributed by atoms with Crippen LogP contribution in [0.15, 0.2) is 53.4 Å². The van der Waals surface area contributed by atoms with E-state index in [1.165, 1.54) is 4.90 Å². The maximum Gasteiger partial charge on any atom is 0.298 e. The minimum Gasteiger partial charge on any atom is -0.496 e. The molecule has 2 amide bonds. The normalized spacial score (nSPS) is 16.1. The number of carbonyl (C=O) groups excluding carboxylic acids is 2. The van der Waals surface area contributed by atoms with Gasteiger partial charge in [0.2, 0.25) is 0 Å². The molecule has 2 aromatic rings. The standard InChI is InChI=1S/C19H17NO3S/c1-3-13-8-10-15(11-9-13)20-18(21)17(24-19(20)22)12-14-6-4-5-7-16(14)23-2/h4-12H,3H2,1-2H3/b17-12-. The Morgan fingerprint density at radius 3 is 2.46 bits per heavy atom. The van der Waals surface area contributed by atoms with E-state index in [1.54, 1.807) is 25.3 Å². The van der Waals surface area contributed by atoms with Crippen molar-refractivity contribution in [3.63, 3.8) is 0 Å². The lowest BCUT2D eigenvalue weighted by molar-refractivity contribution is -0.113. The molecule has 1 saturated heterocycles. The highest BCUT2D eigenvalue weighted by Gasteiger charge is 2.36. The Hall–Kier alpha value is -2.53. The van der Waals surface area contributed by atoms with Crippen LogP contribution >= 0.6 is 11.8 Å². The van der Waals surface area contributed by atoms with Crippen LogP contribution < -0.4 is 9.64 Å². The zero-order chi connectivity index (χ0) is 17.1. The molecule has 0 spiro atoms. The number of rotatable bonds is 4. The Kier molecular flexibility index (Phi) is 4.71. The third-order valence-corrected chi connectivity index (χ3v) is 4.69. The first-order valence-electron chi connectivity index (χ1n) is 7.64. The van der Waals surface area contributed by atoms with Crippen LogP contribution in [0.4, 0.5) is 10.5 Å². The van der Waals surface area contributed by atoms with Gasteiger partial charge in [-0.15, -0.1) is 0 Å². The van der Waals surface area contributed by atoms with Crippen LogP contribution in [0.25, 0.3) is 6.08 Å². The largest absolute Gasteiger partial charge is 0.496 e. The van der Waals surface area contributed by atoms with E-state index < -0.39 is 0 Å². The van der Waals surface area contributed by atoms with Crippen molar-refractivity contribution in [3.8, 4) is 5.75 Å². The number of amides is 2. The summed E-state index contributed by atoms with van der Waals surface area (Å²) in [6.07, 6.45) is 2.61. The minimum atomic E-state index is -0.305. The molecule has 5 heteroatoms. The lowest BCUT2D eigenvalue weighted by atomic mass is 10.1. The van der Waals surface area contributed by atoms with Gasteiger partial charge in [0.15, 0.2) is 0 Å². The first-order valence-corrected chi connectivity index (χ1v) is 8.45. The van der Waals surface area contributed by atoms with Gasteiger partial charge in [-0.2, -0.15) is 0 Å². The van der Waals surface area contributed by atoms with E-state index in [4.69, 9.17) is 4.74 Å². The van der Waals surface area contributed by atoms with Crippen LogP contribution in [0, 0.1) is 0 Å². The van der Waals surface area contributed by atoms with Crippen LogP contribution in [0.1, 0.15) is 18.1 Å². The van der Waals surface area contributed by atoms with E-state index in [9.17, 15) is 9.59 Å². The predicted molar refractivity (Wildman–Crippen MR) is 97.3 cm³/mol. The molecule has 0 aromatic heterocycles. The van der Waals surface area contributed by atoms with Crippen LogP contribution in [-0.2, 0) is 11.2 Å². The summed E-state index contributed by atoms with van der Waals surface area (Å²) in [6.45, 7) is 2.06. The number of hydrogen-bond donors (Lipinski definition) is 0. The number of hydrogen-bond acceptors (Lipinski definition) is 4. The molecule has 0 radical (unpaired) electrons. The average Bonchev–Trinajstić information content (AvgIpc) is 2.89. The fraction of sp³-hybridized carbons (Fsp3) is 0.158. The van der Waals surface area contributed by atoms with Crippen LogP contribution in [0.5, 0.6) is 5.75 Å². The monoisotopic (exact) mass is 339 g/mol. The molecule has 122 valence electrons. The van der Waals surface area contributed by atoms with Gasteiger partial charge in [-0.3, -0.25) is 9.59 Å². The fourth-order valence-corrected chi connectivity index (χ4v) is 3.33. The van der Waals surface area contributed by atoms with Crippen LogP contribution in [-0.4, -0.2) is 18.3 Å².